The van der Waals surface area contributed by atoms with Crippen molar-refractivity contribution < 1.29 is 9.47 Å². The van der Waals surface area contributed by atoms with Gasteiger partial charge in [0.1, 0.15) is 6.61 Å². The summed E-state index contributed by atoms with van der Waals surface area (Å²) in [5, 5.41) is 8.41. The van der Waals surface area contributed by atoms with E-state index in [1.54, 1.807) is 25.4 Å². The number of halogens is 2. The summed E-state index contributed by atoms with van der Waals surface area (Å²) >= 11 is 17.1. The fourth-order valence-electron chi connectivity index (χ4n) is 2.01. The highest BCUT2D eigenvalue weighted by Crippen LogP contribution is 2.30. The van der Waals surface area contributed by atoms with Crippen molar-refractivity contribution in [3.05, 3.63) is 57.6 Å². The van der Waals surface area contributed by atoms with Crippen LogP contribution in [0, 0.1) is 0 Å². The third-order valence-corrected chi connectivity index (χ3v) is 4.16. The number of nitrogens with one attached hydrogen (secondary N) is 2. The minimum absolute atomic E-state index is 0.307. The number of hydrazone groups is 1. The first-order valence-electron chi connectivity index (χ1n) is 7.87. The first-order valence-corrected chi connectivity index (χ1v) is 9.04. The molecule has 138 valence electrons. The molecule has 26 heavy (non-hydrogen) atoms. The minimum Gasteiger partial charge on any atom is -0.490 e. The van der Waals surface area contributed by atoms with Gasteiger partial charge in [-0.15, -0.1) is 0 Å². The Morgan fingerprint density at radius 1 is 1.15 bits per heavy atom. The van der Waals surface area contributed by atoms with Crippen molar-refractivity contribution >= 4 is 46.7 Å². The number of thiocarbonyl (C=S) groups is 1. The Morgan fingerprint density at radius 2 is 1.96 bits per heavy atom. The summed E-state index contributed by atoms with van der Waals surface area (Å²) in [5.41, 5.74) is 4.38. The average Bonchev–Trinajstić information content (AvgIpc) is 2.62. The Bertz CT molecular complexity index is 800. The maximum Gasteiger partial charge on any atom is 0.186 e. The van der Waals surface area contributed by atoms with Gasteiger partial charge in [0.2, 0.25) is 0 Å². The molecule has 2 rings (SSSR count). The standard InChI is InChI=1S/C18H19Cl2N3O2S/c1-3-24-17-8-12(10-22-23-18(26)21-2)4-7-16(17)25-11-13-5-6-14(19)9-15(13)20/h4-10H,3,11H2,1-2H3,(H2,21,23,26)/b22-10-. The molecule has 2 aromatic carbocycles. The molecular formula is C18H19Cl2N3O2S. The van der Waals surface area contributed by atoms with Crippen LogP contribution in [0.15, 0.2) is 41.5 Å². The number of ether oxygens (including phenoxy) is 2. The SMILES string of the molecule is CCOc1cc(/C=N\NC(=S)NC)ccc1OCc1ccc(Cl)cc1Cl. The Morgan fingerprint density at radius 3 is 2.65 bits per heavy atom. The van der Waals surface area contributed by atoms with Crippen molar-refractivity contribution in [1.29, 1.82) is 0 Å². The Hall–Kier alpha value is -2.02. The van der Waals surface area contributed by atoms with E-state index in [4.69, 9.17) is 44.9 Å². The van der Waals surface area contributed by atoms with Crippen molar-refractivity contribution in [3.63, 3.8) is 0 Å². The number of benzene rings is 2. The van der Waals surface area contributed by atoms with Gasteiger partial charge in [-0.05, 0) is 55.0 Å². The number of nitrogens with zero attached hydrogens (tertiary/aromatic N) is 1. The lowest BCUT2D eigenvalue weighted by Gasteiger charge is -2.13. The van der Waals surface area contributed by atoms with Gasteiger partial charge in [-0.3, -0.25) is 5.43 Å². The zero-order chi connectivity index (χ0) is 18.9. The van der Waals surface area contributed by atoms with Crippen LogP contribution in [0.2, 0.25) is 10.0 Å². The molecule has 2 aromatic rings. The van der Waals surface area contributed by atoms with Crippen LogP contribution >= 0.6 is 35.4 Å². The van der Waals surface area contributed by atoms with E-state index in [-0.39, 0.29) is 0 Å². The number of hydrogen-bond donors (Lipinski definition) is 2. The topological polar surface area (TPSA) is 54.9 Å². The molecular weight excluding hydrogens is 393 g/mol. The quantitative estimate of drug-likeness (QED) is 0.401. The third-order valence-electron chi connectivity index (χ3n) is 3.27. The van der Waals surface area contributed by atoms with E-state index < -0.39 is 0 Å². The first kappa shape index (κ1) is 20.3. The molecule has 0 spiro atoms. The molecule has 0 bridgehead atoms. The molecule has 8 heteroatoms. The van der Waals surface area contributed by atoms with Crippen LogP contribution in [0.3, 0.4) is 0 Å². The van der Waals surface area contributed by atoms with Crippen LogP contribution in [0.4, 0.5) is 0 Å². The lowest BCUT2D eigenvalue weighted by molar-refractivity contribution is 0.269. The van der Waals surface area contributed by atoms with Crippen molar-refractivity contribution in [2.24, 2.45) is 5.10 Å². The largest absolute Gasteiger partial charge is 0.490 e. The van der Waals surface area contributed by atoms with E-state index in [0.717, 1.165) is 11.1 Å². The summed E-state index contributed by atoms with van der Waals surface area (Å²) < 4.78 is 11.5. The summed E-state index contributed by atoms with van der Waals surface area (Å²) in [7, 11) is 1.72. The van der Waals surface area contributed by atoms with Gasteiger partial charge in [-0.1, -0.05) is 29.3 Å². The second kappa shape index (κ2) is 10.2. The molecule has 0 aliphatic carbocycles. The van der Waals surface area contributed by atoms with Crippen molar-refractivity contribution in [2.45, 2.75) is 13.5 Å². The van der Waals surface area contributed by atoms with Crippen LogP contribution in [-0.2, 0) is 6.61 Å². The van der Waals surface area contributed by atoms with Gasteiger partial charge in [-0.2, -0.15) is 5.10 Å². The summed E-state index contributed by atoms with van der Waals surface area (Å²) in [5.74, 6) is 1.24. The summed E-state index contributed by atoms with van der Waals surface area (Å²) in [4.78, 5) is 0. The van der Waals surface area contributed by atoms with Gasteiger partial charge in [-0.25, -0.2) is 0 Å². The van der Waals surface area contributed by atoms with Crippen LogP contribution in [0.5, 0.6) is 11.5 Å². The molecule has 0 amide bonds. The normalized spacial score (nSPS) is 10.6. The van der Waals surface area contributed by atoms with Crippen molar-refractivity contribution in [1.82, 2.24) is 10.7 Å². The highest BCUT2D eigenvalue weighted by atomic mass is 35.5. The molecule has 0 heterocycles. The monoisotopic (exact) mass is 411 g/mol. The maximum absolute atomic E-state index is 6.18. The molecule has 0 radical (unpaired) electrons. The van der Waals surface area contributed by atoms with Gasteiger partial charge in [0.15, 0.2) is 16.6 Å². The molecule has 0 unspecified atom stereocenters. The average molecular weight is 412 g/mol. The highest BCUT2D eigenvalue weighted by Gasteiger charge is 2.08. The molecule has 0 aromatic heterocycles. The second-order valence-electron chi connectivity index (χ2n) is 5.11. The van der Waals surface area contributed by atoms with Gasteiger partial charge < -0.3 is 14.8 Å². The molecule has 0 aliphatic heterocycles. The lowest BCUT2D eigenvalue weighted by atomic mass is 10.2. The number of hydrogen-bond acceptors (Lipinski definition) is 4. The Balaban J connectivity index is 2.11. The maximum atomic E-state index is 6.18. The van der Waals surface area contributed by atoms with E-state index >= 15 is 0 Å². The van der Waals surface area contributed by atoms with Gasteiger partial charge >= 0.3 is 0 Å². The molecule has 5 nitrogen and oxygen atoms in total. The van der Waals surface area contributed by atoms with Gasteiger partial charge in [0.25, 0.3) is 0 Å². The molecule has 0 saturated heterocycles. The van der Waals surface area contributed by atoms with E-state index in [2.05, 4.69) is 15.8 Å². The lowest BCUT2D eigenvalue weighted by Crippen LogP contribution is -2.28. The van der Waals surface area contributed by atoms with Gasteiger partial charge in [0.05, 0.1) is 12.8 Å². The van der Waals surface area contributed by atoms with Gasteiger partial charge in [0, 0.05) is 22.7 Å². The zero-order valence-electron chi connectivity index (χ0n) is 14.4. The second-order valence-corrected chi connectivity index (χ2v) is 6.36. The summed E-state index contributed by atoms with van der Waals surface area (Å²) in [6.45, 7) is 2.73. The Labute approximate surface area is 168 Å². The summed E-state index contributed by atoms with van der Waals surface area (Å²) in [6.07, 6.45) is 1.64. The smallest absolute Gasteiger partial charge is 0.186 e. The molecule has 0 saturated carbocycles. The van der Waals surface area contributed by atoms with E-state index in [1.165, 1.54) is 0 Å². The van der Waals surface area contributed by atoms with Crippen LogP contribution in [-0.4, -0.2) is 25.0 Å². The predicted octanol–water partition coefficient (Wildman–Crippen LogP) is 4.40. The van der Waals surface area contributed by atoms with Crippen LogP contribution < -0.4 is 20.2 Å². The van der Waals surface area contributed by atoms with E-state index in [1.807, 2.05) is 31.2 Å². The van der Waals surface area contributed by atoms with Crippen LogP contribution in [0.25, 0.3) is 0 Å². The molecule has 2 N–H and O–H groups in total. The summed E-state index contributed by atoms with van der Waals surface area (Å²) in [6, 6.07) is 10.8. The van der Waals surface area contributed by atoms with E-state index in [0.29, 0.717) is 39.9 Å². The van der Waals surface area contributed by atoms with Crippen molar-refractivity contribution in [2.75, 3.05) is 13.7 Å². The fourth-order valence-corrected chi connectivity index (χ4v) is 2.52. The fraction of sp³-hybridized carbons (Fsp3) is 0.222. The zero-order valence-corrected chi connectivity index (χ0v) is 16.7. The first-order chi connectivity index (χ1) is 12.5. The molecule has 0 aliphatic rings. The highest BCUT2D eigenvalue weighted by molar-refractivity contribution is 7.80. The minimum atomic E-state index is 0.307. The molecule has 0 fully saturated rings. The van der Waals surface area contributed by atoms with Crippen molar-refractivity contribution in [3.8, 4) is 11.5 Å². The van der Waals surface area contributed by atoms with Crippen LogP contribution in [0.1, 0.15) is 18.1 Å². The Kier molecular flexibility index (Phi) is 7.97. The third kappa shape index (κ3) is 6.05. The predicted molar refractivity (Wildman–Crippen MR) is 111 cm³/mol. The molecule has 0 atom stereocenters. The number of rotatable bonds is 7. The van der Waals surface area contributed by atoms with E-state index in [9.17, 15) is 0 Å².